The third kappa shape index (κ3) is 4.35. The second-order valence-corrected chi connectivity index (χ2v) is 7.04. The SMILES string of the molecule is O=C(O[C@@H]1C(O)O[C@@H](C(=O)C(O)c2ccc(Cl)cc2)[C@@H]1O)c1ccc(Cl)cc1. The van der Waals surface area contributed by atoms with E-state index >= 15 is 0 Å². The van der Waals surface area contributed by atoms with E-state index in [-0.39, 0.29) is 11.1 Å². The molecule has 0 amide bonds. The third-order valence-corrected chi connectivity index (χ3v) is 4.78. The van der Waals surface area contributed by atoms with E-state index in [9.17, 15) is 24.9 Å². The molecule has 0 aliphatic carbocycles. The Labute approximate surface area is 170 Å². The summed E-state index contributed by atoms with van der Waals surface area (Å²) < 4.78 is 10.1. The lowest BCUT2D eigenvalue weighted by molar-refractivity contribution is -0.156. The van der Waals surface area contributed by atoms with Crippen LogP contribution in [0, 0.1) is 0 Å². The quantitative estimate of drug-likeness (QED) is 0.625. The topological polar surface area (TPSA) is 113 Å². The molecule has 7 nitrogen and oxygen atoms in total. The van der Waals surface area contributed by atoms with E-state index in [0.29, 0.717) is 10.0 Å². The largest absolute Gasteiger partial charge is 0.450 e. The van der Waals surface area contributed by atoms with Crippen LogP contribution < -0.4 is 0 Å². The van der Waals surface area contributed by atoms with Crippen molar-refractivity contribution in [3.05, 3.63) is 69.7 Å². The van der Waals surface area contributed by atoms with Gasteiger partial charge in [-0.25, -0.2) is 4.79 Å². The van der Waals surface area contributed by atoms with Crippen LogP contribution >= 0.6 is 23.2 Å². The fraction of sp³-hybridized carbons (Fsp3) is 0.263. The highest BCUT2D eigenvalue weighted by molar-refractivity contribution is 6.30. The number of esters is 1. The minimum absolute atomic E-state index is 0.139. The molecule has 0 saturated carbocycles. The lowest BCUT2D eigenvalue weighted by Gasteiger charge is -2.19. The zero-order valence-corrected chi connectivity index (χ0v) is 15.7. The van der Waals surface area contributed by atoms with E-state index in [1.807, 2.05) is 0 Å². The number of ketones is 1. The smallest absolute Gasteiger partial charge is 0.338 e. The summed E-state index contributed by atoms with van der Waals surface area (Å²) in [4.78, 5) is 24.7. The van der Waals surface area contributed by atoms with E-state index in [1.54, 1.807) is 0 Å². The van der Waals surface area contributed by atoms with E-state index in [1.165, 1.54) is 48.5 Å². The van der Waals surface area contributed by atoms with Gasteiger partial charge in [0.15, 0.2) is 24.3 Å². The number of carbonyl (C=O) groups excluding carboxylic acids is 2. The second kappa shape index (κ2) is 8.57. The molecule has 3 N–H and O–H groups in total. The average Bonchev–Trinajstić information content (AvgIpc) is 2.96. The van der Waals surface area contributed by atoms with E-state index < -0.39 is 42.5 Å². The number of benzene rings is 2. The van der Waals surface area contributed by atoms with Gasteiger partial charge in [0.25, 0.3) is 0 Å². The van der Waals surface area contributed by atoms with E-state index in [2.05, 4.69) is 0 Å². The van der Waals surface area contributed by atoms with Crippen LogP contribution in [0.4, 0.5) is 0 Å². The van der Waals surface area contributed by atoms with Crippen LogP contribution in [0.15, 0.2) is 48.5 Å². The highest BCUT2D eigenvalue weighted by Crippen LogP contribution is 2.28. The van der Waals surface area contributed by atoms with Crippen LogP contribution in [0.2, 0.25) is 10.0 Å². The van der Waals surface area contributed by atoms with Crippen LogP contribution in [0.1, 0.15) is 22.0 Å². The Morgan fingerprint density at radius 1 is 0.964 bits per heavy atom. The first-order chi connectivity index (χ1) is 13.3. The molecule has 28 heavy (non-hydrogen) atoms. The van der Waals surface area contributed by atoms with Crippen LogP contribution in [0.25, 0.3) is 0 Å². The third-order valence-electron chi connectivity index (χ3n) is 4.27. The van der Waals surface area contributed by atoms with Gasteiger partial charge in [-0.2, -0.15) is 0 Å². The normalized spacial score (nSPS) is 25.3. The Hall–Kier alpha value is -2.00. The number of aliphatic hydroxyl groups is 3. The van der Waals surface area contributed by atoms with Gasteiger partial charge in [0.05, 0.1) is 5.56 Å². The maximum atomic E-state index is 12.5. The van der Waals surface area contributed by atoms with Crippen molar-refractivity contribution >= 4 is 35.0 Å². The maximum Gasteiger partial charge on any atom is 0.338 e. The molecule has 0 bridgehead atoms. The molecule has 0 spiro atoms. The Bertz CT molecular complexity index is 854. The van der Waals surface area contributed by atoms with Crippen LogP contribution in [0.3, 0.4) is 0 Å². The van der Waals surface area contributed by atoms with Gasteiger partial charge in [0.1, 0.15) is 12.2 Å². The van der Waals surface area contributed by atoms with Crippen molar-refractivity contribution in [2.45, 2.75) is 30.7 Å². The van der Waals surface area contributed by atoms with Gasteiger partial charge in [-0.05, 0) is 42.0 Å². The van der Waals surface area contributed by atoms with Crippen molar-refractivity contribution < 1.29 is 34.4 Å². The summed E-state index contributed by atoms with van der Waals surface area (Å²) in [5.74, 6) is -1.73. The maximum absolute atomic E-state index is 12.5. The molecule has 3 rings (SSSR count). The molecule has 2 aromatic rings. The summed E-state index contributed by atoms with van der Waals surface area (Å²) in [5.41, 5.74) is 0.376. The predicted octanol–water partition coefficient (Wildman–Crippen LogP) is 1.90. The van der Waals surface area contributed by atoms with Crippen molar-refractivity contribution in [2.24, 2.45) is 0 Å². The molecule has 2 unspecified atom stereocenters. The van der Waals surface area contributed by atoms with Gasteiger partial charge in [-0.1, -0.05) is 35.3 Å². The van der Waals surface area contributed by atoms with Crippen molar-refractivity contribution in [3.8, 4) is 0 Å². The number of carbonyl (C=O) groups is 2. The zero-order chi connectivity index (χ0) is 20.4. The standard InChI is InChI=1S/C19H16Cl2O7/c20-11-5-1-9(2-6-11)13(22)14(23)16-15(24)17(19(26)27-16)28-18(25)10-3-7-12(21)8-4-10/h1-8,13,15-17,19,22,24,26H/t13?,15-,16-,17-,19?/m0/s1. The van der Waals surface area contributed by atoms with Crippen LogP contribution in [-0.2, 0) is 14.3 Å². The highest BCUT2D eigenvalue weighted by Gasteiger charge is 2.50. The molecule has 1 saturated heterocycles. The number of rotatable bonds is 5. The first-order valence-electron chi connectivity index (χ1n) is 8.23. The summed E-state index contributed by atoms with van der Waals surface area (Å²) in [5, 5.41) is 31.4. The number of Topliss-reactive ketones (excluding diaryl/α,β-unsaturated/α-hetero) is 1. The summed E-state index contributed by atoms with van der Waals surface area (Å²) >= 11 is 11.5. The van der Waals surface area contributed by atoms with E-state index in [0.717, 1.165) is 0 Å². The molecular weight excluding hydrogens is 411 g/mol. The van der Waals surface area contributed by atoms with E-state index in [4.69, 9.17) is 32.7 Å². The molecular formula is C19H16Cl2O7. The molecule has 0 radical (unpaired) electrons. The lowest BCUT2D eigenvalue weighted by atomic mass is 9.98. The Kier molecular flexibility index (Phi) is 6.34. The molecule has 148 valence electrons. The number of ether oxygens (including phenoxy) is 2. The molecule has 5 atom stereocenters. The fourth-order valence-electron chi connectivity index (χ4n) is 2.75. The predicted molar refractivity (Wildman–Crippen MR) is 99.0 cm³/mol. The van der Waals surface area contributed by atoms with Crippen LogP contribution in [0.5, 0.6) is 0 Å². The summed E-state index contributed by atoms with van der Waals surface area (Å²) in [6.45, 7) is 0. The van der Waals surface area contributed by atoms with Gasteiger partial charge in [0.2, 0.25) is 0 Å². The van der Waals surface area contributed by atoms with Gasteiger partial charge in [-0.15, -0.1) is 0 Å². The Morgan fingerprint density at radius 3 is 2.07 bits per heavy atom. The monoisotopic (exact) mass is 426 g/mol. The first kappa shape index (κ1) is 20.7. The first-order valence-corrected chi connectivity index (χ1v) is 8.99. The summed E-state index contributed by atoms with van der Waals surface area (Å²) in [6.07, 6.45) is -8.11. The zero-order valence-electron chi connectivity index (χ0n) is 14.2. The number of aliphatic hydroxyl groups excluding tert-OH is 3. The minimum Gasteiger partial charge on any atom is -0.450 e. The fourth-order valence-corrected chi connectivity index (χ4v) is 3.01. The molecule has 0 aromatic heterocycles. The van der Waals surface area contributed by atoms with Gasteiger partial charge < -0.3 is 24.8 Å². The van der Waals surface area contributed by atoms with Crippen LogP contribution in [-0.4, -0.2) is 51.7 Å². The molecule has 9 heteroatoms. The molecule has 1 heterocycles. The summed E-state index contributed by atoms with van der Waals surface area (Å²) in [7, 11) is 0. The number of hydrogen-bond acceptors (Lipinski definition) is 7. The molecule has 1 fully saturated rings. The van der Waals surface area contributed by atoms with Crippen molar-refractivity contribution in [3.63, 3.8) is 0 Å². The summed E-state index contributed by atoms with van der Waals surface area (Å²) in [6, 6.07) is 11.6. The molecule has 1 aliphatic heterocycles. The second-order valence-electron chi connectivity index (χ2n) is 6.17. The Morgan fingerprint density at radius 2 is 1.50 bits per heavy atom. The van der Waals surface area contributed by atoms with Crippen molar-refractivity contribution in [1.29, 1.82) is 0 Å². The van der Waals surface area contributed by atoms with Gasteiger partial charge in [0, 0.05) is 10.0 Å². The average molecular weight is 427 g/mol. The van der Waals surface area contributed by atoms with Gasteiger partial charge >= 0.3 is 5.97 Å². The van der Waals surface area contributed by atoms with Crippen molar-refractivity contribution in [1.82, 2.24) is 0 Å². The minimum atomic E-state index is -1.74. The molecule has 2 aromatic carbocycles. The van der Waals surface area contributed by atoms with Crippen molar-refractivity contribution in [2.75, 3.05) is 0 Å². The number of halogens is 2. The molecule has 1 aliphatic rings. The Balaban J connectivity index is 1.70. The lowest BCUT2D eigenvalue weighted by Crippen LogP contribution is -2.41. The highest BCUT2D eigenvalue weighted by atomic mass is 35.5. The van der Waals surface area contributed by atoms with Gasteiger partial charge in [-0.3, -0.25) is 4.79 Å². The number of hydrogen-bond donors (Lipinski definition) is 3.